The van der Waals surface area contributed by atoms with Gasteiger partial charge >= 0.3 is 0 Å². The first-order valence-corrected chi connectivity index (χ1v) is 5.94. The second-order valence-corrected chi connectivity index (χ2v) is 4.96. The highest BCUT2D eigenvalue weighted by Crippen LogP contribution is 2.15. The van der Waals surface area contributed by atoms with E-state index >= 15 is 0 Å². The molecule has 1 aromatic heterocycles. The molecule has 0 aliphatic rings. The van der Waals surface area contributed by atoms with E-state index in [4.69, 9.17) is 5.11 Å². The summed E-state index contributed by atoms with van der Waals surface area (Å²) < 4.78 is 48.5. The molecule has 0 radical (unpaired) electrons. The van der Waals surface area contributed by atoms with Crippen LogP contribution in [0.5, 0.6) is 0 Å². The van der Waals surface area contributed by atoms with Gasteiger partial charge < -0.3 is 10.1 Å². The Bertz CT molecular complexity index is 405. The molecule has 16 heavy (non-hydrogen) atoms. The summed E-state index contributed by atoms with van der Waals surface area (Å²) in [6.07, 6.45) is -0.197. The highest BCUT2D eigenvalue weighted by atomic mass is 32.2. The van der Waals surface area contributed by atoms with Crippen molar-refractivity contribution in [2.24, 2.45) is 0 Å². The molecule has 8 heteroatoms. The summed E-state index contributed by atoms with van der Waals surface area (Å²) in [5.74, 6) is 0. The standard InChI is InChI=1S/C8H12F2N2O3S/c9-8(10)6-12(3-4-13)16(14,15)7-1-2-11-5-7/h1-2,5,8,11,13H,3-4,6H2. The van der Waals surface area contributed by atoms with Crippen LogP contribution in [0.4, 0.5) is 8.78 Å². The molecule has 1 aromatic rings. The molecule has 0 bridgehead atoms. The van der Waals surface area contributed by atoms with E-state index in [-0.39, 0.29) is 11.4 Å². The summed E-state index contributed by atoms with van der Waals surface area (Å²) in [5, 5.41) is 8.65. The van der Waals surface area contributed by atoms with E-state index in [1.165, 1.54) is 18.5 Å². The molecule has 1 heterocycles. The van der Waals surface area contributed by atoms with E-state index in [1.54, 1.807) is 0 Å². The fourth-order valence-electron chi connectivity index (χ4n) is 1.19. The maximum atomic E-state index is 12.2. The van der Waals surface area contributed by atoms with E-state index in [0.29, 0.717) is 4.31 Å². The average Bonchev–Trinajstić information content (AvgIpc) is 2.69. The quantitative estimate of drug-likeness (QED) is 0.765. The lowest BCUT2D eigenvalue weighted by Gasteiger charge is -2.19. The van der Waals surface area contributed by atoms with Crippen LogP contribution in [0.25, 0.3) is 0 Å². The first kappa shape index (κ1) is 13.1. The van der Waals surface area contributed by atoms with E-state index in [2.05, 4.69) is 4.98 Å². The lowest BCUT2D eigenvalue weighted by atomic mass is 10.6. The highest BCUT2D eigenvalue weighted by Gasteiger charge is 2.26. The van der Waals surface area contributed by atoms with Crippen LogP contribution in [0.15, 0.2) is 23.4 Å². The molecular formula is C8H12F2N2O3S. The van der Waals surface area contributed by atoms with Crippen molar-refractivity contribution in [1.29, 1.82) is 0 Å². The third-order valence-corrected chi connectivity index (χ3v) is 3.76. The normalized spacial score (nSPS) is 12.6. The number of aliphatic hydroxyl groups excluding tert-OH is 1. The van der Waals surface area contributed by atoms with Gasteiger partial charge in [-0.25, -0.2) is 17.2 Å². The van der Waals surface area contributed by atoms with Gasteiger partial charge in [0.05, 0.1) is 18.0 Å². The number of hydrogen-bond acceptors (Lipinski definition) is 3. The first-order valence-electron chi connectivity index (χ1n) is 4.50. The fourth-order valence-corrected chi connectivity index (χ4v) is 2.58. The maximum Gasteiger partial charge on any atom is 0.252 e. The molecule has 2 N–H and O–H groups in total. The van der Waals surface area contributed by atoms with Gasteiger partial charge in [0.1, 0.15) is 0 Å². The number of nitrogens with zero attached hydrogens (tertiary/aromatic N) is 1. The highest BCUT2D eigenvalue weighted by molar-refractivity contribution is 7.89. The Morgan fingerprint density at radius 2 is 2.19 bits per heavy atom. The number of aromatic amines is 1. The van der Waals surface area contributed by atoms with E-state index in [9.17, 15) is 17.2 Å². The minimum atomic E-state index is -3.95. The molecule has 0 atom stereocenters. The molecule has 0 amide bonds. The Hall–Kier alpha value is -0.990. The fraction of sp³-hybridized carbons (Fsp3) is 0.500. The van der Waals surface area contributed by atoms with Crippen molar-refractivity contribution < 1.29 is 22.3 Å². The van der Waals surface area contributed by atoms with E-state index < -0.39 is 29.6 Å². The van der Waals surface area contributed by atoms with Gasteiger partial charge in [-0.3, -0.25) is 0 Å². The van der Waals surface area contributed by atoms with Crippen LogP contribution < -0.4 is 0 Å². The smallest absolute Gasteiger partial charge is 0.252 e. The van der Waals surface area contributed by atoms with Crippen LogP contribution in [0.2, 0.25) is 0 Å². The molecule has 1 rings (SSSR count). The second-order valence-electron chi connectivity index (χ2n) is 3.02. The minimum Gasteiger partial charge on any atom is -0.395 e. The van der Waals surface area contributed by atoms with E-state index in [1.807, 2.05) is 0 Å². The second kappa shape index (κ2) is 5.37. The number of halogens is 2. The van der Waals surface area contributed by atoms with Gasteiger partial charge in [-0.15, -0.1) is 0 Å². The van der Waals surface area contributed by atoms with Crippen molar-refractivity contribution in [1.82, 2.24) is 9.29 Å². The van der Waals surface area contributed by atoms with Crippen LogP contribution in [0.1, 0.15) is 0 Å². The van der Waals surface area contributed by atoms with Crippen molar-refractivity contribution in [2.45, 2.75) is 11.3 Å². The summed E-state index contributed by atoms with van der Waals surface area (Å²) in [7, 11) is -3.95. The van der Waals surface area contributed by atoms with Crippen LogP contribution in [-0.4, -0.2) is 48.9 Å². The number of nitrogens with one attached hydrogen (secondary N) is 1. The van der Waals surface area contributed by atoms with Gasteiger partial charge in [0.2, 0.25) is 10.0 Å². The van der Waals surface area contributed by atoms with Gasteiger partial charge in [-0.2, -0.15) is 4.31 Å². The zero-order valence-corrected chi connectivity index (χ0v) is 9.12. The molecule has 0 saturated heterocycles. The van der Waals surface area contributed by atoms with Crippen molar-refractivity contribution in [2.75, 3.05) is 19.7 Å². The molecule has 0 saturated carbocycles. The third-order valence-electron chi connectivity index (χ3n) is 1.90. The molecule has 0 fully saturated rings. The third kappa shape index (κ3) is 3.00. The number of hydrogen-bond donors (Lipinski definition) is 2. The molecule has 5 nitrogen and oxygen atoms in total. The monoisotopic (exact) mass is 254 g/mol. The zero-order chi connectivity index (χ0) is 12.2. The number of alkyl halides is 2. The van der Waals surface area contributed by atoms with E-state index in [0.717, 1.165) is 0 Å². The number of H-pyrrole nitrogens is 1. The average molecular weight is 254 g/mol. The van der Waals surface area contributed by atoms with Crippen LogP contribution >= 0.6 is 0 Å². The summed E-state index contributed by atoms with van der Waals surface area (Å²) >= 11 is 0. The Kier molecular flexibility index (Phi) is 4.39. The topological polar surface area (TPSA) is 73.4 Å². The van der Waals surface area contributed by atoms with Gasteiger partial charge in [-0.1, -0.05) is 0 Å². The molecule has 0 aromatic carbocycles. The Labute approximate surface area is 91.7 Å². The van der Waals surface area contributed by atoms with Crippen LogP contribution in [0.3, 0.4) is 0 Å². The summed E-state index contributed by atoms with van der Waals surface area (Å²) in [6.45, 7) is -1.78. The largest absolute Gasteiger partial charge is 0.395 e. The zero-order valence-electron chi connectivity index (χ0n) is 8.31. The summed E-state index contributed by atoms with van der Waals surface area (Å²) in [6, 6.07) is 1.27. The number of rotatable bonds is 6. The molecule has 0 aliphatic carbocycles. The molecular weight excluding hydrogens is 242 g/mol. The number of aromatic nitrogens is 1. The molecule has 0 unspecified atom stereocenters. The summed E-state index contributed by atoms with van der Waals surface area (Å²) in [5.41, 5.74) is 0. The Morgan fingerprint density at radius 3 is 2.62 bits per heavy atom. The predicted octanol–water partition coefficient (Wildman–Crippen LogP) is 0.263. The SMILES string of the molecule is O=S(=O)(c1cc[nH]c1)N(CCO)CC(F)F. The lowest BCUT2D eigenvalue weighted by Crippen LogP contribution is -2.37. The van der Waals surface area contributed by atoms with Gasteiger partial charge in [0, 0.05) is 18.9 Å². The maximum absolute atomic E-state index is 12.2. The Morgan fingerprint density at radius 1 is 1.50 bits per heavy atom. The molecule has 0 spiro atoms. The van der Waals surface area contributed by atoms with Gasteiger partial charge in [-0.05, 0) is 6.07 Å². The van der Waals surface area contributed by atoms with Crippen molar-refractivity contribution in [3.05, 3.63) is 18.5 Å². The van der Waals surface area contributed by atoms with Crippen LogP contribution in [0, 0.1) is 0 Å². The number of sulfonamides is 1. The molecule has 92 valence electrons. The lowest BCUT2D eigenvalue weighted by molar-refractivity contribution is 0.113. The molecule has 0 aliphatic heterocycles. The Balaban J connectivity index is 2.93. The minimum absolute atomic E-state index is 0.0957. The summed E-state index contributed by atoms with van der Waals surface area (Å²) in [4.78, 5) is 2.43. The van der Waals surface area contributed by atoms with Crippen molar-refractivity contribution in [3.8, 4) is 0 Å². The van der Waals surface area contributed by atoms with Crippen molar-refractivity contribution >= 4 is 10.0 Å². The number of aliphatic hydroxyl groups is 1. The first-order chi connectivity index (χ1) is 7.48. The predicted molar refractivity (Wildman–Crippen MR) is 52.6 cm³/mol. The van der Waals surface area contributed by atoms with Gasteiger partial charge in [0.25, 0.3) is 6.43 Å². The van der Waals surface area contributed by atoms with Crippen molar-refractivity contribution in [3.63, 3.8) is 0 Å². The van der Waals surface area contributed by atoms with Gasteiger partial charge in [0.15, 0.2) is 0 Å². The van der Waals surface area contributed by atoms with Crippen LogP contribution in [-0.2, 0) is 10.0 Å².